The van der Waals surface area contributed by atoms with E-state index in [0.29, 0.717) is 27.6 Å². The topological polar surface area (TPSA) is 169 Å². The van der Waals surface area contributed by atoms with Gasteiger partial charge in [0.25, 0.3) is 0 Å². The number of amides is 1. The summed E-state index contributed by atoms with van der Waals surface area (Å²) in [7, 11) is 0. The Morgan fingerprint density at radius 1 is 0.688 bits per heavy atom. The molecule has 6 heterocycles. The number of piperidine rings is 2. The van der Waals surface area contributed by atoms with Crippen LogP contribution in [0.15, 0.2) is 135 Å². The molecule has 324 valence electrons. The van der Waals surface area contributed by atoms with Crippen LogP contribution >= 0.6 is 23.2 Å². The Labute approximate surface area is 381 Å². The van der Waals surface area contributed by atoms with Gasteiger partial charge in [0.15, 0.2) is 0 Å². The summed E-state index contributed by atoms with van der Waals surface area (Å²) in [4.78, 5) is 41.2. The van der Waals surface area contributed by atoms with Crippen molar-refractivity contribution in [2.24, 2.45) is 0 Å². The third kappa shape index (κ3) is 9.60. The monoisotopic (exact) mass is 890 g/mol. The molecule has 0 spiro atoms. The van der Waals surface area contributed by atoms with Gasteiger partial charge in [-0.15, -0.1) is 0 Å². The summed E-state index contributed by atoms with van der Waals surface area (Å²) in [5.74, 6) is 0.952. The Balaban J connectivity index is 0.000000163. The average Bonchev–Trinajstić information content (AvgIpc) is 3.96. The van der Waals surface area contributed by atoms with E-state index in [1.54, 1.807) is 12.4 Å². The van der Waals surface area contributed by atoms with E-state index in [-0.39, 0.29) is 18.0 Å². The predicted octanol–water partition coefficient (Wildman–Crippen LogP) is 10.4. The van der Waals surface area contributed by atoms with Crippen molar-refractivity contribution in [1.82, 2.24) is 29.9 Å². The number of fused-ring (bicyclic) bond motifs is 2. The number of nitrogen functional groups attached to an aromatic ring is 1. The van der Waals surface area contributed by atoms with Gasteiger partial charge in [0, 0.05) is 106 Å². The molecule has 0 unspecified atom stereocenters. The molecule has 7 N–H and O–H groups in total. The lowest BCUT2D eigenvalue weighted by Gasteiger charge is -2.35. The van der Waals surface area contributed by atoms with Gasteiger partial charge in [0.1, 0.15) is 0 Å². The molecule has 13 nitrogen and oxygen atoms in total. The van der Waals surface area contributed by atoms with Gasteiger partial charge in [0.2, 0.25) is 17.8 Å². The Morgan fingerprint density at radius 2 is 1.16 bits per heavy atom. The van der Waals surface area contributed by atoms with E-state index in [4.69, 9.17) is 38.9 Å². The number of nitrogens with zero attached hydrogens (tertiary/aromatic N) is 6. The highest BCUT2D eigenvalue weighted by molar-refractivity contribution is 6.33. The molecular formula is C49H48Cl2N12O. The minimum atomic E-state index is -0.218. The number of aromatic amines is 2. The first kappa shape index (κ1) is 42.2. The number of nitrogens with one attached hydrogen (secondary N) is 5. The molecule has 0 saturated carbocycles. The van der Waals surface area contributed by atoms with Crippen molar-refractivity contribution in [2.75, 3.05) is 57.7 Å². The third-order valence-corrected chi connectivity index (χ3v) is 12.2. The average molecular weight is 892 g/mol. The van der Waals surface area contributed by atoms with Crippen molar-refractivity contribution < 1.29 is 4.79 Å². The molecule has 2 aliphatic rings. The lowest BCUT2D eigenvalue weighted by molar-refractivity contribution is -0.111. The van der Waals surface area contributed by atoms with Crippen molar-refractivity contribution in [3.8, 4) is 22.5 Å². The van der Waals surface area contributed by atoms with E-state index in [0.717, 1.165) is 108 Å². The summed E-state index contributed by atoms with van der Waals surface area (Å²) in [6.07, 6.45) is 12.7. The maximum Gasteiger partial charge on any atom is 0.247 e. The summed E-state index contributed by atoms with van der Waals surface area (Å²) >= 11 is 12.9. The van der Waals surface area contributed by atoms with E-state index in [9.17, 15) is 4.79 Å². The van der Waals surface area contributed by atoms with Crippen LogP contribution in [0.25, 0.3) is 44.3 Å². The number of rotatable bonds is 10. The zero-order chi connectivity index (χ0) is 44.0. The van der Waals surface area contributed by atoms with Gasteiger partial charge in [-0.2, -0.15) is 0 Å². The number of carbonyl (C=O) groups excluding carboxylic acids is 1. The third-order valence-electron chi connectivity index (χ3n) is 11.6. The summed E-state index contributed by atoms with van der Waals surface area (Å²) < 4.78 is 0. The number of hydrogen-bond acceptors (Lipinski definition) is 10. The van der Waals surface area contributed by atoms with Crippen molar-refractivity contribution in [2.45, 2.75) is 37.8 Å². The first-order valence-corrected chi connectivity index (χ1v) is 22.1. The van der Waals surface area contributed by atoms with Crippen LogP contribution in [0.1, 0.15) is 25.7 Å². The van der Waals surface area contributed by atoms with Crippen LogP contribution in [-0.2, 0) is 4.79 Å². The Bertz CT molecular complexity index is 2900. The molecule has 0 radical (unpaired) electrons. The lowest BCUT2D eigenvalue weighted by Crippen LogP contribution is -2.42. The molecular weight excluding hydrogens is 844 g/mol. The van der Waals surface area contributed by atoms with Gasteiger partial charge in [-0.25, -0.2) is 19.9 Å². The van der Waals surface area contributed by atoms with Crippen LogP contribution in [0.5, 0.6) is 0 Å². The van der Waals surface area contributed by atoms with Crippen LogP contribution in [0.4, 0.5) is 34.6 Å². The van der Waals surface area contributed by atoms with Crippen LogP contribution < -0.4 is 31.5 Å². The summed E-state index contributed by atoms with van der Waals surface area (Å²) in [6, 6.07) is 32.6. The summed E-state index contributed by atoms with van der Waals surface area (Å²) in [6.45, 7) is 7.20. The van der Waals surface area contributed by atoms with Crippen LogP contribution in [0.3, 0.4) is 0 Å². The highest BCUT2D eigenvalue weighted by atomic mass is 35.5. The first-order valence-electron chi connectivity index (χ1n) is 21.4. The van der Waals surface area contributed by atoms with E-state index in [1.165, 1.54) is 11.8 Å². The molecule has 8 aromatic rings. The Hall–Kier alpha value is -7.09. The first-order chi connectivity index (χ1) is 31.3. The summed E-state index contributed by atoms with van der Waals surface area (Å²) in [5.41, 5.74) is 15.1. The molecule has 10 rings (SSSR count). The number of para-hydroxylation sites is 2. The van der Waals surface area contributed by atoms with Gasteiger partial charge in [0.05, 0.1) is 33.8 Å². The van der Waals surface area contributed by atoms with Gasteiger partial charge in [-0.3, -0.25) is 4.79 Å². The zero-order valence-corrected chi connectivity index (χ0v) is 36.6. The van der Waals surface area contributed by atoms with Gasteiger partial charge >= 0.3 is 0 Å². The van der Waals surface area contributed by atoms with Crippen molar-refractivity contribution in [3.05, 3.63) is 145 Å². The molecule has 4 aromatic carbocycles. The van der Waals surface area contributed by atoms with E-state index >= 15 is 0 Å². The minimum Gasteiger partial charge on any atom is -0.399 e. The number of H-pyrrole nitrogens is 2. The number of benzene rings is 4. The molecule has 0 aliphatic carbocycles. The zero-order valence-electron chi connectivity index (χ0n) is 35.1. The predicted molar refractivity (Wildman–Crippen MR) is 263 cm³/mol. The fraction of sp³-hybridized carbons (Fsp3) is 0.204. The minimum absolute atomic E-state index is 0.200. The largest absolute Gasteiger partial charge is 0.399 e. The van der Waals surface area contributed by atoms with E-state index < -0.39 is 0 Å². The molecule has 4 aromatic heterocycles. The molecule has 64 heavy (non-hydrogen) atoms. The lowest BCUT2D eigenvalue weighted by atomic mass is 10.0. The van der Waals surface area contributed by atoms with Crippen LogP contribution in [0.2, 0.25) is 10.0 Å². The second-order valence-electron chi connectivity index (χ2n) is 16.0. The molecule has 2 fully saturated rings. The Morgan fingerprint density at radius 3 is 1.64 bits per heavy atom. The van der Waals surface area contributed by atoms with Gasteiger partial charge in [-0.1, -0.05) is 66.2 Å². The second-order valence-corrected chi connectivity index (χ2v) is 16.8. The number of carbonyl (C=O) groups is 1. The number of hydrogen-bond donors (Lipinski definition) is 6. The van der Waals surface area contributed by atoms with Crippen LogP contribution in [0, 0.1) is 0 Å². The number of halogens is 2. The molecule has 2 atom stereocenters. The maximum absolute atomic E-state index is 11.5. The fourth-order valence-corrected chi connectivity index (χ4v) is 8.83. The summed E-state index contributed by atoms with van der Waals surface area (Å²) in [5, 5.41) is 13.0. The van der Waals surface area contributed by atoms with E-state index in [1.807, 2.05) is 85.2 Å². The standard InChI is InChI=1S/C26H25ClN6O.C23H23ClN6/c1-2-24(34)30-17-9-11-19(12-10-17)33-13-5-6-18(16-33)31-26-29-15-22(27)25(32-26)21-14-28-23-8-4-3-7-20(21)23;24-20-13-27-23(29-22(20)19-12-26-21-6-2-1-5-18(19)21)28-16-4-3-11-30(14-16)17-9-7-15(25)8-10-17/h2-4,7-12,14-15,18,28H,1,5-6,13,16H2,(H,30,34)(H,29,31,32);1-2,5-10,12-13,16,26H,3-4,11,14,25H2,(H,27,28,29)/t18-;16-/m11/s1. The highest BCUT2D eigenvalue weighted by Gasteiger charge is 2.24. The van der Waals surface area contributed by atoms with Gasteiger partial charge in [-0.05, 0) is 92.4 Å². The Kier molecular flexibility index (Phi) is 12.6. The van der Waals surface area contributed by atoms with Crippen LogP contribution in [-0.4, -0.2) is 74.1 Å². The molecule has 2 saturated heterocycles. The van der Waals surface area contributed by atoms with Crippen molar-refractivity contribution in [3.63, 3.8) is 0 Å². The smallest absolute Gasteiger partial charge is 0.247 e. The van der Waals surface area contributed by atoms with Gasteiger partial charge < -0.3 is 41.5 Å². The van der Waals surface area contributed by atoms with E-state index in [2.05, 4.69) is 76.5 Å². The molecule has 15 heteroatoms. The number of aromatic nitrogens is 6. The highest BCUT2D eigenvalue weighted by Crippen LogP contribution is 2.34. The molecule has 2 aliphatic heterocycles. The molecule has 1 amide bonds. The van der Waals surface area contributed by atoms with Crippen molar-refractivity contribution in [1.29, 1.82) is 0 Å². The SMILES string of the molecule is C=CC(=O)Nc1ccc(N2CCC[C@@H](Nc3ncc(Cl)c(-c4c[nH]c5ccccc45)n3)C2)cc1.Nc1ccc(N2CCC[C@@H](Nc3ncc(Cl)c(-c4c[nH]c5ccccc45)n3)C2)cc1. The quantitative estimate of drug-likeness (QED) is 0.0574. The maximum atomic E-state index is 11.5. The van der Waals surface area contributed by atoms with Crippen molar-refractivity contribution >= 4 is 85.6 Å². The normalized spacial score (nSPS) is 16.2. The fourth-order valence-electron chi connectivity index (χ4n) is 8.44. The molecule has 0 bridgehead atoms. The number of anilines is 6. The number of nitrogens with two attached hydrogens (primary N) is 1. The second kappa shape index (κ2) is 19.1.